The summed E-state index contributed by atoms with van der Waals surface area (Å²) in [5.74, 6) is 6.40. The molecule has 0 saturated carbocycles. The van der Waals surface area contributed by atoms with Crippen molar-refractivity contribution < 1.29 is 0 Å². The number of aromatic nitrogens is 4. The standard InChI is InChI=1S/C22H13N4/c1-2-4-17(5-3-1)21-10-11-22-24-15-19(26(22)25-21)8-6-16-7-9-20-18(14-16)12-13-23-20/h2-5,7,9-15,23H. The van der Waals surface area contributed by atoms with Crippen LogP contribution in [0.5, 0.6) is 0 Å². The molecule has 0 aliphatic rings. The second kappa shape index (κ2) is 5.91. The average Bonchev–Trinajstić information content (AvgIpc) is 3.33. The lowest BCUT2D eigenvalue weighted by Crippen LogP contribution is -1.96. The van der Waals surface area contributed by atoms with Gasteiger partial charge in [0.05, 0.1) is 11.9 Å². The number of benzene rings is 2. The summed E-state index contributed by atoms with van der Waals surface area (Å²) in [7, 11) is 0. The number of aromatic amines is 1. The number of nitrogens with zero attached hydrogens (tertiary/aromatic N) is 3. The molecule has 1 N–H and O–H groups in total. The minimum Gasteiger partial charge on any atom is -0.361 e. The predicted molar refractivity (Wildman–Crippen MR) is 102 cm³/mol. The van der Waals surface area contributed by atoms with Gasteiger partial charge in [-0.05, 0) is 48.4 Å². The molecule has 0 amide bonds. The van der Waals surface area contributed by atoms with Crippen LogP contribution in [-0.4, -0.2) is 19.6 Å². The topological polar surface area (TPSA) is 46.0 Å². The molecular weight excluding hydrogens is 320 g/mol. The third kappa shape index (κ3) is 2.52. The molecule has 4 heteroatoms. The van der Waals surface area contributed by atoms with E-state index in [9.17, 15) is 0 Å². The maximum absolute atomic E-state index is 4.69. The maximum atomic E-state index is 4.69. The summed E-state index contributed by atoms with van der Waals surface area (Å²) in [6.45, 7) is 0. The van der Waals surface area contributed by atoms with Crippen LogP contribution in [0.25, 0.3) is 27.8 Å². The first kappa shape index (κ1) is 14.5. The van der Waals surface area contributed by atoms with E-state index in [1.165, 1.54) is 0 Å². The fourth-order valence-corrected chi connectivity index (χ4v) is 2.94. The molecule has 0 bridgehead atoms. The van der Waals surface area contributed by atoms with Gasteiger partial charge in [0.1, 0.15) is 5.69 Å². The van der Waals surface area contributed by atoms with Crippen molar-refractivity contribution in [2.45, 2.75) is 0 Å². The molecule has 121 valence electrons. The van der Waals surface area contributed by atoms with Gasteiger partial charge in [-0.1, -0.05) is 30.2 Å². The molecule has 3 heterocycles. The molecule has 0 spiro atoms. The van der Waals surface area contributed by atoms with Crippen LogP contribution in [0.1, 0.15) is 11.3 Å². The van der Waals surface area contributed by atoms with Crippen molar-refractivity contribution in [2.75, 3.05) is 0 Å². The lowest BCUT2D eigenvalue weighted by atomic mass is 10.1. The molecule has 0 aliphatic heterocycles. The zero-order valence-electron chi connectivity index (χ0n) is 13.8. The van der Waals surface area contributed by atoms with Crippen molar-refractivity contribution >= 4 is 16.6 Å². The Morgan fingerprint density at radius 1 is 0.962 bits per heavy atom. The van der Waals surface area contributed by atoms with Crippen LogP contribution in [0.2, 0.25) is 0 Å². The molecule has 4 nitrogen and oxygen atoms in total. The predicted octanol–water partition coefficient (Wildman–Crippen LogP) is 4.08. The van der Waals surface area contributed by atoms with Crippen molar-refractivity contribution in [1.29, 1.82) is 0 Å². The minimum absolute atomic E-state index is 0.763. The average molecular weight is 333 g/mol. The Bertz CT molecular complexity index is 1280. The van der Waals surface area contributed by atoms with Gasteiger partial charge in [0.25, 0.3) is 0 Å². The van der Waals surface area contributed by atoms with E-state index in [1.807, 2.05) is 60.8 Å². The van der Waals surface area contributed by atoms with Gasteiger partial charge in [-0.2, -0.15) is 5.10 Å². The molecule has 26 heavy (non-hydrogen) atoms. The van der Waals surface area contributed by atoms with Crippen molar-refractivity contribution in [3.63, 3.8) is 0 Å². The molecule has 5 rings (SSSR count). The number of imidazole rings is 1. The van der Waals surface area contributed by atoms with Crippen LogP contribution in [-0.2, 0) is 0 Å². The van der Waals surface area contributed by atoms with Gasteiger partial charge in [-0.3, -0.25) is 0 Å². The van der Waals surface area contributed by atoms with Gasteiger partial charge in [-0.15, -0.1) is 0 Å². The highest BCUT2D eigenvalue weighted by atomic mass is 15.3. The van der Waals surface area contributed by atoms with Gasteiger partial charge < -0.3 is 4.98 Å². The molecule has 3 aromatic heterocycles. The molecule has 2 aromatic carbocycles. The number of hydrogen-bond acceptors (Lipinski definition) is 2. The van der Waals surface area contributed by atoms with Gasteiger partial charge in [0.2, 0.25) is 0 Å². The molecule has 0 aliphatic carbocycles. The van der Waals surface area contributed by atoms with Crippen molar-refractivity contribution in [3.8, 4) is 23.1 Å². The van der Waals surface area contributed by atoms with Crippen molar-refractivity contribution in [3.05, 3.63) is 90.4 Å². The highest BCUT2D eigenvalue weighted by Gasteiger charge is 2.05. The van der Waals surface area contributed by atoms with Crippen LogP contribution in [0, 0.1) is 17.9 Å². The van der Waals surface area contributed by atoms with E-state index in [0.29, 0.717) is 0 Å². The molecule has 0 fully saturated rings. The van der Waals surface area contributed by atoms with E-state index in [0.717, 1.165) is 39.1 Å². The number of H-pyrrole nitrogens is 1. The van der Waals surface area contributed by atoms with Crippen LogP contribution in [0.3, 0.4) is 0 Å². The summed E-state index contributed by atoms with van der Waals surface area (Å²) in [6, 6.07) is 22.8. The Labute approximate surface area is 150 Å². The highest BCUT2D eigenvalue weighted by molar-refractivity contribution is 5.80. The monoisotopic (exact) mass is 333 g/mol. The minimum atomic E-state index is 0.763. The Morgan fingerprint density at radius 2 is 1.88 bits per heavy atom. The van der Waals surface area contributed by atoms with E-state index >= 15 is 0 Å². The lowest BCUT2D eigenvalue weighted by molar-refractivity contribution is 0.930. The molecular formula is C22H13N4. The Kier molecular flexibility index (Phi) is 3.29. The van der Waals surface area contributed by atoms with Gasteiger partial charge in [-0.25, -0.2) is 9.50 Å². The normalized spacial score (nSPS) is 10.8. The number of hydrogen-bond donors (Lipinski definition) is 1. The largest absolute Gasteiger partial charge is 0.361 e. The molecule has 0 unspecified atom stereocenters. The summed E-state index contributed by atoms with van der Waals surface area (Å²) in [6.07, 6.45) is 3.69. The van der Waals surface area contributed by atoms with Crippen molar-refractivity contribution in [1.82, 2.24) is 19.6 Å². The molecule has 5 aromatic rings. The third-order valence-electron chi connectivity index (χ3n) is 4.26. The third-order valence-corrected chi connectivity index (χ3v) is 4.26. The first-order valence-corrected chi connectivity index (χ1v) is 8.27. The van der Waals surface area contributed by atoms with Crippen LogP contribution < -0.4 is 0 Å². The smallest absolute Gasteiger partial charge is 0.154 e. The van der Waals surface area contributed by atoms with Crippen LogP contribution in [0.15, 0.2) is 73.1 Å². The van der Waals surface area contributed by atoms with Crippen LogP contribution >= 0.6 is 0 Å². The lowest BCUT2D eigenvalue weighted by Gasteiger charge is -2.01. The Balaban J connectivity index is 1.57. The molecule has 1 radical (unpaired) electrons. The quantitative estimate of drug-likeness (QED) is 0.470. The van der Waals surface area contributed by atoms with E-state index in [-0.39, 0.29) is 0 Å². The molecule has 0 saturated heterocycles. The summed E-state index contributed by atoms with van der Waals surface area (Å²) >= 11 is 0. The number of rotatable bonds is 1. The van der Waals surface area contributed by atoms with E-state index in [4.69, 9.17) is 5.10 Å². The Hall–Kier alpha value is -3.84. The summed E-state index contributed by atoms with van der Waals surface area (Å²) in [5, 5.41) is 5.84. The fraction of sp³-hybridized carbons (Fsp3) is 0. The van der Waals surface area contributed by atoms with Crippen molar-refractivity contribution in [2.24, 2.45) is 0 Å². The fourth-order valence-electron chi connectivity index (χ4n) is 2.94. The first-order valence-electron chi connectivity index (χ1n) is 8.27. The van der Waals surface area contributed by atoms with Crippen LogP contribution in [0.4, 0.5) is 0 Å². The summed E-state index contributed by atoms with van der Waals surface area (Å²) in [4.78, 5) is 7.58. The van der Waals surface area contributed by atoms with Gasteiger partial charge >= 0.3 is 0 Å². The van der Waals surface area contributed by atoms with Gasteiger partial charge in [0.15, 0.2) is 5.65 Å². The zero-order valence-corrected chi connectivity index (χ0v) is 13.8. The first-order chi connectivity index (χ1) is 12.9. The number of fused-ring (bicyclic) bond motifs is 2. The second-order valence-corrected chi connectivity index (χ2v) is 5.95. The summed E-state index contributed by atoms with van der Waals surface area (Å²) in [5.41, 5.74) is 5.52. The highest BCUT2D eigenvalue weighted by Crippen LogP contribution is 2.17. The SMILES string of the molecule is C(#Cc1cnc2ccc(-c3cc[c]cc3)nn12)c1ccc2[nH]ccc2c1. The van der Waals surface area contributed by atoms with E-state index < -0.39 is 0 Å². The molecule has 0 atom stereocenters. The Morgan fingerprint density at radius 3 is 2.81 bits per heavy atom. The van der Waals surface area contributed by atoms with Gasteiger partial charge in [0, 0.05) is 28.2 Å². The summed E-state index contributed by atoms with van der Waals surface area (Å²) < 4.78 is 1.79. The van der Waals surface area contributed by atoms with E-state index in [1.54, 1.807) is 10.7 Å². The zero-order chi connectivity index (χ0) is 17.3. The maximum Gasteiger partial charge on any atom is 0.154 e. The number of nitrogens with one attached hydrogen (secondary N) is 1. The second-order valence-electron chi connectivity index (χ2n) is 5.95. The van der Waals surface area contributed by atoms with E-state index in [2.05, 4.69) is 33.9 Å².